The number of hydrogen-bond donors (Lipinski definition) is 2. The van der Waals surface area contributed by atoms with E-state index in [1.807, 2.05) is 61.5 Å². The fraction of sp³-hybridized carbons (Fsp3) is 0.174. The van der Waals surface area contributed by atoms with Crippen molar-refractivity contribution in [3.63, 3.8) is 0 Å². The molecule has 0 aromatic heterocycles. The summed E-state index contributed by atoms with van der Waals surface area (Å²) in [5.74, 6) is 0.498. The van der Waals surface area contributed by atoms with Crippen molar-refractivity contribution in [1.29, 1.82) is 0 Å². The van der Waals surface area contributed by atoms with Crippen molar-refractivity contribution in [2.75, 3.05) is 24.4 Å². The number of carbonyl (C=O) groups excluding carboxylic acids is 1. The van der Waals surface area contributed by atoms with Crippen LogP contribution in [0.3, 0.4) is 0 Å². The SMILES string of the molecule is COc1cc(CNc2ccc(Cl)cc2)cc(Cl)c1OCC(=O)Nc1ccc(C)cc1. The maximum absolute atomic E-state index is 12.2. The summed E-state index contributed by atoms with van der Waals surface area (Å²) >= 11 is 12.3. The van der Waals surface area contributed by atoms with Crippen LogP contribution in [0, 0.1) is 6.92 Å². The molecule has 3 aromatic carbocycles. The summed E-state index contributed by atoms with van der Waals surface area (Å²) in [4.78, 5) is 12.2. The van der Waals surface area contributed by atoms with E-state index in [0.29, 0.717) is 33.8 Å². The third kappa shape index (κ3) is 6.05. The van der Waals surface area contributed by atoms with Crippen molar-refractivity contribution in [3.8, 4) is 11.5 Å². The smallest absolute Gasteiger partial charge is 0.262 e. The minimum absolute atomic E-state index is 0.188. The maximum Gasteiger partial charge on any atom is 0.262 e. The van der Waals surface area contributed by atoms with Crippen LogP contribution in [0.2, 0.25) is 10.0 Å². The average Bonchev–Trinajstić information content (AvgIpc) is 2.74. The Balaban J connectivity index is 1.62. The molecule has 0 unspecified atom stereocenters. The Morgan fingerprint density at radius 1 is 0.967 bits per heavy atom. The van der Waals surface area contributed by atoms with Gasteiger partial charge in [-0.1, -0.05) is 40.9 Å². The van der Waals surface area contributed by atoms with Crippen molar-refractivity contribution in [1.82, 2.24) is 0 Å². The Morgan fingerprint density at radius 3 is 2.30 bits per heavy atom. The molecule has 156 valence electrons. The van der Waals surface area contributed by atoms with E-state index >= 15 is 0 Å². The largest absolute Gasteiger partial charge is 0.493 e. The Bertz CT molecular complexity index is 1010. The van der Waals surface area contributed by atoms with Crippen LogP contribution in [0.4, 0.5) is 11.4 Å². The minimum atomic E-state index is -0.287. The van der Waals surface area contributed by atoms with E-state index in [2.05, 4.69) is 10.6 Å². The van der Waals surface area contributed by atoms with E-state index in [4.69, 9.17) is 32.7 Å². The number of anilines is 2. The van der Waals surface area contributed by atoms with E-state index in [1.165, 1.54) is 7.11 Å². The number of hydrogen-bond acceptors (Lipinski definition) is 4. The third-order valence-electron chi connectivity index (χ3n) is 4.31. The summed E-state index contributed by atoms with van der Waals surface area (Å²) in [6.45, 7) is 2.33. The molecular weight excluding hydrogens is 423 g/mol. The Morgan fingerprint density at radius 2 is 1.63 bits per heavy atom. The van der Waals surface area contributed by atoms with Gasteiger partial charge in [0.2, 0.25) is 0 Å². The van der Waals surface area contributed by atoms with E-state index < -0.39 is 0 Å². The molecule has 0 heterocycles. The molecular formula is C23H22Cl2N2O3. The molecule has 3 aromatic rings. The number of benzene rings is 3. The van der Waals surface area contributed by atoms with E-state index in [0.717, 1.165) is 16.8 Å². The zero-order chi connectivity index (χ0) is 21.5. The van der Waals surface area contributed by atoms with E-state index in [9.17, 15) is 4.79 Å². The molecule has 1 amide bonds. The first-order chi connectivity index (χ1) is 14.4. The predicted molar refractivity (Wildman–Crippen MR) is 122 cm³/mol. The number of rotatable bonds is 8. The first kappa shape index (κ1) is 21.8. The van der Waals surface area contributed by atoms with E-state index in [-0.39, 0.29) is 12.5 Å². The standard InChI is InChI=1S/C23H22Cl2N2O3/c1-15-3-7-19(8-4-15)27-22(28)14-30-23-20(25)11-16(12-21(23)29-2)13-26-18-9-5-17(24)6-10-18/h3-12,26H,13-14H2,1-2H3,(H,27,28). The van der Waals surface area contributed by atoms with Crippen LogP contribution < -0.4 is 20.1 Å². The second-order valence-electron chi connectivity index (χ2n) is 6.67. The molecule has 0 aliphatic carbocycles. The van der Waals surface area contributed by atoms with Gasteiger partial charge in [-0.25, -0.2) is 0 Å². The number of amides is 1. The molecule has 0 aliphatic heterocycles. The van der Waals surface area contributed by atoms with Gasteiger partial charge in [0.15, 0.2) is 18.1 Å². The highest BCUT2D eigenvalue weighted by atomic mass is 35.5. The lowest BCUT2D eigenvalue weighted by atomic mass is 10.2. The quantitative estimate of drug-likeness (QED) is 0.451. The number of aryl methyl sites for hydroxylation is 1. The molecule has 0 atom stereocenters. The lowest BCUT2D eigenvalue weighted by Crippen LogP contribution is -2.20. The Labute approximate surface area is 185 Å². The number of methoxy groups -OCH3 is 1. The van der Waals surface area contributed by atoms with Crippen LogP contribution >= 0.6 is 23.2 Å². The zero-order valence-electron chi connectivity index (χ0n) is 16.7. The van der Waals surface area contributed by atoms with Crippen molar-refractivity contribution < 1.29 is 14.3 Å². The van der Waals surface area contributed by atoms with Gasteiger partial charge in [-0.2, -0.15) is 0 Å². The first-order valence-electron chi connectivity index (χ1n) is 9.30. The molecule has 3 rings (SSSR count). The normalized spacial score (nSPS) is 10.4. The van der Waals surface area contributed by atoms with Gasteiger partial charge in [0.05, 0.1) is 12.1 Å². The Hall–Kier alpha value is -2.89. The van der Waals surface area contributed by atoms with Gasteiger partial charge in [0.1, 0.15) is 0 Å². The van der Waals surface area contributed by atoms with Gasteiger partial charge >= 0.3 is 0 Å². The van der Waals surface area contributed by atoms with Crippen LogP contribution in [-0.4, -0.2) is 19.6 Å². The first-order valence-corrected chi connectivity index (χ1v) is 10.1. The predicted octanol–water partition coefficient (Wildman–Crippen LogP) is 5.94. The molecule has 0 saturated heterocycles. The molecule has 30 heavy (non-hydrogen) atoms. The molecule has 7 heteroatoms. The van der Waals surface area contributed by atoms with Crippen molar-refractivity contribution in [2.24, 2.45) is 0 Å². The second-order valence-corrected chi connectivity index (χ2v) is 7.52. The summed E-state index contributed by atoms with van der Waals surface area (Å²) in [6.07, 6.45) is 0. The van der Waals surface area contributed by atoms with Gasteiger partial charge in [0, 0.05) is 22.9 Å². The number of nitrogens with one attached hydrogen (secondary N) is 2. The van der Waals surface area contributed by atoms with Crippen LogP contribution in [0.15, 0.2) is 60.7 Å². The van der Waals surface area contributed by atoms with Gasteiger partial charge in [0.25, 0.3) is 5.91 Å². The van der Waals surface area contributed by atoms with Crippen molar-refractivity contribution in [3.05, 3.63) is 81.8 Å². The fourth-order valence-corrected chi connectivity index (χ4v) is 3.17. The van der Waals surface area contributed by atoms with Gasteiger partial charge in [-0.15, -0.1) is 0 Å². The zero-order valence-corrected chi connectivity index (χ0v) is 18.2. The van der Waals surface area contributed by atoms with Crippen LogP contribution in [0.1, 0.15) is 11.1 Å². The highest BCUT2D eigenvalue weighted by Gasteiger charge is 2.14. The molecule has 0 radical (unpaired) electrons. The van der Waals surface area contributed by atoms with Gasteiger partial charge < -0.3 is 20.1 Å². The van der Waals surface area contributed by atoms with Crippen LogP contribution in [0.5, 0.6) is 11.5 Å². The monoisotopic (exact) mass is 444 g/mol. The number of ether oxygens (including phenoxy) is 2. The van der Waals surface area contributed by atoms with Gasteiger partial charge in [-0.05, 0) is 61.0 Å². The summed E-state index contributed by atoms with van der Waals surface area (Å²) in [5.41, 5.74) is 3.66. The topological polar surface area (TPSA) is 59.6 Å². The third-order valence-corrected chi connectivity index (χ3v) is 4.85. The highest BCUT2D eigenvalue weighted by Crippen LogP contribution is 2.36. The maximum atomic E-state index is 12.2. The number of carbonyl (C=O) groups is 1. The average molecular weight is 445 g/mol. The second kappa shape index (κ2) is 10.2. The van der Waals surface area contributed by atoms with Crippen LogP contribution in [0.25, 0.3) is 0 Å². The molecule has 0 bridgehead atoms. The van der Waals surface area contributed by atoms with Crippen LogP contribution in [-0.2, 0) is 11.3 Å². The highest BCUT2D eigenvalue weighted by molar-refractivity contribution is 6.32. The van der Waals surface area contributed by atoms with E-state index in [1.54, 1.807) is 6.07 Å². The Kier molecular flexibility index (Phi) is 7.44. The van der Waals surface area contributed by atoms with Gasteiger partial charge in [-0.3, -0.25) is 4.79 Å². The minimum Gasteiger partial charge on any atom is -0.493 e. The molecule has 0 fully saturated rings. The molecule has 0 aliphatic rings. The summed E-state index contributed by atoms with van der Waals surface area (Å²) in [6, 6.07) is 18.5. The molecule has 0 spiro atoms. The lowest BCUT2D eigenvalue weighted by Gasteiger charge is -2.15. The number of halogens is 2. The molecule has 5 nitrogen and oxygen atoms in total. The van der Waals surface area contributed by atoms with Crippen molar-refractivity contribution >= 4 is 40.5 Å². The summed E-state index contributed by atoms with van der Waals surface area (Å²) in [5, 5.41) is 7.12. The fourth-order valence-electron chi connectivity index (χ4n) is 2.76. The molecule has 2 N–H and O–H groups in total. The lowest BCUT2D eigenvalue weighted by molar-refractivity contribution is -0.118. The summed E-state index contributed by atoms with van der Waals surface area (Å²) in [7, 11) is 1.53. The summed E-state index contributed by atoms with van der Waals surface area (Å²) < 4.78 is 11.1. The molecule has 0 saturated carbocycles. The van der Waals surface area contributed by atoms with Crippen molar-refractivity contribution in [2.45, 2.75) is 13.5 Å².